The summed E-state index contributed by atoms with van der Waals surface area (Å²) >= 11 is 13.5. The van der Waals surface area contributed by atoms with Gasteiger partial charge in [0.1, 0.15) is 0 Å². The Kier molecular flexibility index (Phi) is 4.76. The van der Waals surface area contributed by atoms with Crippen molar-refractivity contribution in [1.82, 2.24) is 0 Å². The molecule has 1 aliphatic rings. The van der Waals surface area contributed by atoms with Crippen LogP contribution >= 0.6 is 35.0 Å². The summed E-state index contributed by atoms with van der Waals surface area (Å²) in [6.45, 7) is 0. The van der Waals surface area contributed by atoms with Gasteiger partial charge in [-0.25, -0.2) is 9.79 Å². The number of esters is 1. The smallest absolute Gasteiger partial charge is 0.363 e. The van der Waals surface area contributed by atoms with Gasteiger partial charge in [0.2, 0.25) is 5.90 Å². The van der Waals surface area contributed by atoms with Crippen molar-refractivity contribution in [3.8, 4) is 0 Å². The highest BCUT2D eigenvalue weighted by Gasteiger charge is 2.24. The molecule has 0 fully saturated rings. The van der Waals surface area contributed by atoms with Crippen LogP contribution in [0.5, 0.6) is 0 Å². The predicted octanol–water partition coefficient (Wildman–Crippen LogP) is 5.06. The van der Waals surface area contributed by atoms with Crippen molar-refractivity contribution in [3.05, 3.63) is 69.3 Å². The topological polar surface area (TPSA) is 38.7 Å². The fraction of sp³-hybridized carbons (Fsp3) is 0.0588. The Balaban J connectivity index is 1.90. The Bertz CT molecular complexity index is 829. The van der Waals surface area contributed by atoms with E-state index in [1.807, 2.05) is 30.5 Å². The van der Waals surface area contributed by atoms with Crippen molar-refractivity contribution < 1.29 is 9.53 Å². The van der Waals surface area contributed by atoms with Gasteiger partial charge >= 0.3 is 5.97 Å². The number of carbonyl (C=O) groups excluding carboxylic acids is 1. The van der Waals surface area contributed by atoms with Crippen LogP contribution in [0.1, 0.15) is 11.1 Å². The Hall–Kier alpha value is -1.75. The average Bonchev–Trinajstić information content (AvgIpc) is 2.92. The molecule has 1 heterocycles. The molecular formula is C17H11Cl2NO2S. The highest BCUT2D eigenvalue weighted by atomic mass is 35.5. The third kappa shape index (κ3) is 3.61. The molecule has 0 N–H and O–H groups in total. The van der Waals surface area contributed by atoms with Crippen molar-refractivity contribution in [3.63, 3.8) is 0 Å². The first kappa shape index (κ1) is 16.1. The van der Waals surface area contributed by atoms with Crippen LogP contribution in [0, 0.1) is 0 Å². The minimum atomic E-state index is -0.486. The number of nitrogens with zero attached hydrogens (tertiary/aromatic N) is 1. The Morgan fingerprint density at radius 3 is 2.48 bits per heavy atom. The molecule has 0 spiro atoms. The second kappa shape index (κ2) is 6.79. The molecule has 0 saturated carbocycles. The van der Waals surface area contributed by atoms with E-state index in [0.717, 1.165) is 10.5 Å². The van der Waals surface area contributed by atoms with Gasteiger partial charge in [0.05, 0.1) is 10.0 Å². The molecule has 1 aliphatic heterocycles. The summed E-state index contributed by atoms with van der Waals surface area (Å²) in [6.07, 6.45) is 3.70. The molecule has 0 atom stereocenters. The van der Waals surface area contributed by atoms with E-state index < -0.39 is 5.97 Å². The molecule has 116 valence electrons. The average molecular weight is 364 g/mol. The van der Waals surface area contributed by atoms with E-state index >= 15 is 0 Å². The third-order valence-corrected chi connectivity index (χ3v) is 4.69. The quantitative estimate of drug-likeness (QED) is 0.434. The normalized spacial score (nSPS) is 15.7. The molecule has 2 aromatic carbocycles. The zero-order valence-electron chi connectivity index (χ0n) is 12.0. The number of cyclic esters (lactones) is 1. The van der Waals surface area contributed by atoms with Gasteiger partial charge in [-0.1, -0.05) is 35.3 Å². The second-order valence-electron chi connectivity index (χ2n) is 4.74. The first-order valence-corrected chi connectivity index (χ1v) is 8.67. The molecule has 0 unspecified atom stereocenters. The molecule has 0 radical (unpaired) electrons. The fourth-order valence-corrected chi connectivity index (χ4v) is 2.73. The van der Waals surface area contributed by atoms with Crippen LogP contribution in [0.15, 0.2) is 58.0 Å². The molecular weight excluding hydrogens is 353 g/mol. The lowest BCUT2D eigenvalue weighted by Crippen LogP contribution is -2.05. The van der Waals surface area contributed by atoms with Crippen molar-refractivity contribution in [2.75, 3.05) is 6.26 Å². The Morgan fingerprint density at radius 1 is 1.09 bits per heavy atom. The number of halogens is 2. The zero-order valence-corrected chi connectivity index (χ0v) is 14.4. The van der Waals surface area contributed by atoms with Crippen LogP contribution in [0.2, 0.25) is 10.0 Å². The van der Waals surface area contributed by atoms with E-state index in [0.29, 0.717) is 15.6 Å². The predicted molar refractivity (Wildman–Crippen MR) is 95.3 cm³/mol. The summed E-state index contributed by atoms with van der Waals surface area (Å²) in [7, 11) is 0. The van der Waals surface area contributed by atoms with Crippen LogP contribution < -0.4 is 0 Å². The van der Waals surface area contributed by atoms with Crippen LogP contribution in [-0.4, -0.2) is 18.1 Å². The largest absolute Gasteiger partial charge is 0.402 e. The first-order valence-electron chi connectivity index (χ1n) is 6.69. The highest BCUT2D eigenvalue weighted by molar-refractivity contribution is 7.98. The summed E-state index contributed by atoms with van der Waals surface area (Å²) in [5, 5.41) is 0.818. The molecule has 6 heteroatoms. The molecule has 23 heavy (non-hydrogen) atoms. The van der Waals surface area contributed by atoms with E-state index in [4.69, 9.17) is 27.9 Å². The summed E-state index contributed by atoms with van der Waals surface area (Å²) in [5.74, 6) is -0.263. The number of ether oxygens (including phenoxy) is 1. The van der Waals surface area contributed by atoms with Crippen molar-refractivity contribution in [1.29, 1.82) is 0 Å². The van der Waals surface area contributed by atoms with E-state index in [9.17, 15) is 4.79 Å². The number of aliphatic imine (C=N–C) groups is 1. The maximum atomic E-state index is 12.0. The number of benzene rings is 2. The van der Waals surface area contributed by atoms with Gasteiger partial charge < -0.3 is 4.74 Å². The summed E-state index contributed by atoms with van der Waals surface area (Å²) in [6, 6.07) is 12.8. The fourth-order valence-electron chi connectivity index (χ4n) is 2.02. The first-order chi connectivity index (χ1) is 11.1. The summed E-state index contributed by atoms with van der Waals surface area (Å²) in [5.41, 5.74) is 1.74. The van der Waals surface area contributed by atoms with Crippen LogP contribution in [0.25, 0.3) is 6.08 Å². The zero-order chi connectivity index (χ0) is 16.4. The highest BCUT2D eigenvalue weighted by Crippen LogP contribution is 2.26. The number of hydrogen-bond donors (Lipinski definition) is 0. The third-order valence-electron chi connectivity index (χ3n) is 3.21. The maximum Gasteiger partial charge on any atom is 0.363 e. The monoisotopic (exact) mass is 363 g/mol. The molecule has 0 saturated heterocycles. The van der Waals surface area contributed by atoms with Gasteiger partial charge in [-0.15, -0.1) is 11.8 Å². The standard InChI is InChI=1S/C17H11Cl2NO2S/c1-23-12-5-2-10(3-6-12)8-15-17(21)22-16(20-15)11-4-7-13(18)14(19)9-11/h2-9H,1H3/b15-8-. The lowest BCUT2D eigenvalue weighted by Gasteiger charge is -2.01. The lowest BCUT2D eigenvalue weighted by molar-refractivity contribution is -0.129. The number of carbonyl (C=O) groups is 1. The van der Waals surface area contributed by atoms with Crippen molar-refractivity contribution in [2.24, 2.45) is 4.99 Å². The SMILES string of the molecule is CSc1ccc(/C=C2\N=C(c3ccc(Cl)c(Cl)c3)OC2=O)cc1. The molecule has 0 amide bonds. The summed E-state index contributed by atoms with van der Waals surface area (Å²) < 4.78 is 5.21. The Morgan fingerprint density at radius 2 is 1.83 bits per heavy atom. The molecule has 2 aromatic rings. The minimum absolute atomic E-state index is 0.223. The van der Waals surface area contributed by atoms with Crippen LogP contribution in [-0.2, 0) is 9.53 Å². The Labute approximate surface area is 148 Å². The van der Waals surface area contributed by atoms with E-state index in [-0.39, 0.29) is 11.6 Å². The van der Waals surface area contributed by atoms with Crippen LogP contribution in [0.3, 0.4) is 0 Å². The lowest BCUT2D eigenvalue weighted by atomic mass is 10.2. The van der Waals surface area contributed by atoms with Gasteiger partial charge in [0.25, 0.3) is 0 Å². The molecule has 3 nitrogen and oxygen atoms in total. The van der Waals surface area contributed by atoms with Gasteiger partial charge in [-0.05, 0) is 48.2 Å². The van der Waals surface area contributed by atoms with E-state index in [1.165, 1.54) is 0 Å². The van der Waals surface area contributed by atoms with Gasteiger partial charge in [0, 0.05) is 10.5 Å². The van der Waals surface area contributed by atoms with Crippen LogP contribution in [0.4, 0.5) is 0 Å². The van der Waals surface area contributed by atoms with Crippen molar-refractivity contribution >= 4 is 52.9 Å². The molecule has 0 aromatic heterocycles. The molecule has 0 bridgehead atoms. The van der Waals surface area contributed by atoms with Gasteiger partial charge in [0.15, 0.2) is 5.70 Å². The van der Waals surface area contributed by atoms with Crippen molar-refractivity contribution in [2.45, 2.75) is 4.90 Å². The summed E-state index contributed by atoms with van der Waals surface area (Å²) in [4.78, 5) is 17.4. The molecule has 0 aliphatic carbocycles. The number of thioether (sulfide) groups is 1. The number of hydrogen-bond acceptors (Lipinski definition) is 4. The maximum absolute atomic E-state index is 12.0. The minimum Gasteiger partial charge on any atom is -0.402 e. The van der Waals surface area contributed by atoms with Gasteiger partial charge in [-0.2, -0.15) is 0 Å². The van der Waals surface area contributed by atoms with E-state index in [1.54, 1.807) is 36.0 Å². The van der Waals surface area contributed by atoms with E-state index in [2.05, 4.69) is 4.99 Å². The number of rotatable bonds is 3. The van der Waals surface area contributed by atoms with Gasteiger partial charge in [-0.3, -0.25) is 0 Å². The second-order valence-corrected chi connectivity index (χ2v) is 6.43. The molecule has 3 rings (SSSR count).